The van der Waals surface area contributed by atoms with Gasteiger partial charge in [-0.15, -0.1) is 0 Å². The Morgan fingerprint density at radius 3 is 0.849 bits per heavy atom. The first kappa shape index (κ1) is 58.0. The van der Waals surface area contributed by atoms with Gasteiger partial charge in [0.2, 0.25) is 23.3 Å². The minimum atomic E-state index is -1.42. The van der Waals surface area contributed by atoms with Crippen molar-refractivity contribution in [3.05, 3.63) is 236 Å². The SMILES string of the molecule is CCCc1cc2c(o1)c(F)c(F)c1oc(CCC)cc12.Oc1c(F)c(F)c(O)c(I)c1I.[Cl][Pd][Cl].c1ccc(P(c2ccccc2)c2ccccc2)cc1.c1ccc(P(c2ccccc2)c2ccccc2)cc1. The number of aryl methyl sites for hydroxylation is 2. The molecule has 2 N–H and O–H groups in total. The average Bonchev–Trinajstić information content (AvgIpc) is 4.07. The topological polar surface area (TPSA) is 66.7 Å². The summed E-state index contributed by atoms with van der Waals surface area (Å²) in [5.41, 5.74) is -0.0235. The molecule has 0 aliphatic heterocycles. The van der Waals surface area contributed by atoms with Crippen molar-refractivity contribution in [2.24, 2.45) is 0 Å². The van der Waals surface area contributed by atoms with Crippen LogP contribution in [0.4, 0.5) is 17.6 Å². The first-order valence-electron chi connectivity index (χ1n) is 22.7. The number of fused-ring (bicyclic) bond motifs is 3. The Hall–Kier alpha value is -4.28. The van der Waals surface area contributed by atoms with Crippen LogP contribution in [0.2, 0.25) is 0 Å². The van der Waals surface area contributed by atoms with Crippen LogP contribution in [0.1, 0.15) is 38.2 Å². The Morgan fingerprint density at radius 2 is 0.644 bits per heavy atom. The number of phenolic OH excluding ortho intramolecular Hbond substituents is 2. The van der Waals surface area contributed by atoms with Crippen LogP contribution in [-0.4, -0.2) is 10.2 Å². The van der Waals surface area contributed by atoms with Gasteiger partial charge in [-0.3, -0.25) is 0 Å². The number of benzene rings is 8. The van der Waals surface area contributed by atoms with E-state index in [-0.39, 0.29) is 34.2 Å². The molecule has 73 heavy (non-hydrogen) atoms. The van der Waals surface area contributed by atoms with Crippen LogP contribution in [0.25, 0.3) is 21.9 Å². The van der Waals surface area contributed by atoms with Gasteiger partial charge in [-0.2, -0.15) is 17.6 Å². The third-order valence-corrected chi connectivity index (χ3v) is 18.8. The fourth-order valence-electron chi connectivity index (χ4n) is 7.51. The van der Waals surface area contributed by atoms with Gasteiger partial charge in [-0.25, -0.2) is 0 Å². The molecular weight excluding hydrogens is 1330 g/mol. The molecule has 2 heterocycles. The molecule has 0 bridgehead atoms. The Labute approximate surface area is 469 Å². The standard InChI is InChI=1S/2C18H15P.C16H16F2O2.C6H2F2I2O2.2ClH.Pd/c2*1-4-10-16(11-5-1)19(17-12-6-2-7-13-17)18-14-8-3-9-15-18;1-3-5-9-7-11-12-8-10(6-4-2)20-16(12)14(18)13(17)15(11)19-9;7-1-2(8)6(12)4(10)3(9)5(1)11;;;/h2*1-15H;7-8H,3-6H2,1-2H3;11-12H;2*1H;/q;;;;;;+2/p-2. The molecule has 380 valence electrons. The number of hydrogen-bond acceptors (Lipinski definition) is 4. The Balaban J connectivity index is 0.000000158. The number of halogens is 8. The summed E-state index contributed by atoms with van der Waals surface area (Å²) in [6.07, 6.45) is 3.19. The van der Waals surface area contributed by atoms with Gasteiger partial charge < -0.3 is 19.0 Å². The minimum Gasteiger partial charge on any atom is -0.0622 e. The molecule has 4 nitrogen and oxygen atoms in total. The molecule has 0 saturated heterocycles. The molecule has 0 spiro atoms. The van der Waals surface area contributed by atoms with Gasteiger partial charge in [0.05, 0.1) is 7.14 Å². The van der Waals surface area contributed by atoms with Gasteiger partial charge in [-0.05, 0) is 118 Å². The largest absolute Gasteiger partial charge is 0.0622 e. The van der Waals surface area contributed by atoms with E-state index < -0.39 is 50.6 Å². The van der Waals surface area contributed by atoms with Crippen LogP contribution in [0.5, 0.6) is 11.5 Å². The van der Waals surface area contributed by atoms with E-state index in [0.717, 1.165) is 12.8 Å². The first-order chi connectivity index (χ1) is 35.4. The van der Waals surface area contributed by atoms with Crippen LogP contribution >= 0.6 is 80.1 Å². The summed E-state index contributed by atoms with van der Waals surface area (Å²) in [6.45, 7) is 4.02. The second-order valence-corrected chi connectivity index (χ2v) is 24.7. The number of furan rings is 2. The van der Waals surface area contributed by atoms with Crippen molar-refractivity contribution in [3.63, 3.8) is 0 Å². The fourth-order valence-corrected chi connectivity index (χ4v) is 13.1. The average molecular weight is 1380 g/mol. The summed E-state index contributed by atoms with van der Waals surface area (Å²) in [5, 5.41) is 27.5. The van der Waals surface area contributed by atoms with E-state index in [1.807, 2.05) is 13.8 Å². The van der Waals surface area contributed by atoms with Crippen molar-refractivity contribution < 1.29 is 52.5 Å². The molecule has 0 unspecified atom stereocenters. The summed E-state index contributed by atoms with van der Waals surface area (Å²) in [4.78, 5) is 0. The molecule has 10 aromatic rings. The van der Waals surface area contributed by atoms with Crippen molar-refractivity contribution in [1.29, 1.82) is 0 Å². The van der Waals surface area contributed by atoms with E-state index in [1.165, 1.54) is 31.8 Å². The minimum absolute atomic E-state index is 0.0118. The maximum absolute atomic E-state index is 14.0. The molecular formula is C58H48Cl2F4I2O4P2Pd. The molecule has 8 aromatic carbocycles. The van der Waals surface area contributed by atoms with E-state index in [9.17, 15) is 17.6 Å². The molecule has 0 fully saturated rings. The first-order valence-corrected chi connectivity index (χ1v) is 31.6. The molecule has 0 saturated carbocycles. The second kappa shape index (κ2) is 29.7. The van der Waals surface area contributed by atoms with E-state index in [0.29, 0.717) is 35.1 Å². The summed E-state index contributed by atoms with van der Waals surface area (Å²) in [7, 11) is 8.74. The van der Waals surface area contributed by atoms with Crippen LogP contribution in [0.15, 0.2) is 203 Å². The Morgan fingerprint density at radius 1 is 0.425 bits per heavy atom. The van der Waals surface area contributed by atoms with Crippen molar-refractivity contribution in [1.82, 2.24) is 0 Å². The van der Waals surface area contributed by atoms with Crippen LogP contribution < -0.4 is 31.8 Å². The van der Waals surface area contributed by atoms with Crippen molar-refractivity contribution >= 4 is 134 Å². The smallest absolute Gasteiger partial charge is 0.0134 e. The van der Waals surface area contributed by atoms with Crippen LogP contribution in [0.3, 0.4) is 0 Å². The van der Waals surface area contributed by atoms with Crippen LogP contribution in [-0.2, 0) is 28.8 Å². The number of aromatic hydroxyl groups is 2. The third kappa shape index (κ3) is 15.4. The van der Waals surface area contributed by atoms with E-state index >= 15 is 0 Å². The molecule has 0 amide bonds. The number of phenols is 2. The summed E-state index contributed by atoms with van der Waals surface area (Å²) in [5.74, 6) is -4.96. The molecule has 2 aromatic heterocycles. The van der Waals surface area contributed by atoms with Gasteiger partial charge >= 0.3 is 35.0 Å². The number of hydrogen-bond donors (Lipinski definition) is 2. The molecule has 0 radical (unpaired) electrons. The zero-order valence-electron chi connectivity index (χ0n) is 39.2. The summed E-state index contributed by atoms with van der Waals surface area (Å²) in [6, 6.07) is 68.2. The van der Waals surface area contributed by atoms with Gasteiger partial charge in [0, 0.05) is 23.6 Å². The van der Waals surface area contributed by atoms with E-state index in [2.05, 4.69) is 182 Å². The monoisotopic (exact) mass is 1380 g/mol. The van der Waals surface area contributed by atoms with E-state index in [1.54, 1.807) is 57.3 Å². The zero-order valence-corrected chi connectivity index (χ0v) is 48.4. The quantitative estimate of drug-likeness (QED) is 0.0358. The van der Waals surface area contributed by atoms with Crippen LogP contribution in [0, 0.1) is 30.4 Å². The van der Waals surface area contributed by atoms with Gasteiger partial charge in [-0.1, -0.05) is 196 Å². The maximum Gasteiger partial charge on any atom is -0.0134 e. The Kier molecular flexibility index (Phi) is 23.6. The second-order valence-electron chi connectivity index (χ2n) is 15.7. The fraction of sp³-hybridized carbons (Fsp3) is 0.103. The van der Waals surface area contributed by atoms with Crippen molar-refractivity contribution in [2.75, 3.05) is 0 Å². The Bertz CT molecular complexity index is 2780. The maximum atomic E-state index is 14.0. The third-order valence-electron chi connectivity index (χ3n) is 10.7. The molecule has 10 rings (SSSR count). The van der Waals surface area contributed by atoms with E-state index in [4.69, 9.17) is 38.1 Å². The summed E-state index contributed by atoms with van der Waals surface area (Å²) < 4.78 is 64.5. The van der Waals surface area contributed by atoms with Gasteiger partial charge in [0.25, 0.3) is 0 Å². The van der Waals surface area contributed by atoms with Crippen molar-refractivity contribution in [3.8, 4) is 11.5 Å². The summed E-state index contributed by atoms with van der Waals surface area (Å²) >= 11 is 3.12. The normalized spacial score (nSPS) is 10.7. The molecule has 0 aliphatic rings. The zero-order chi connectivity index (χ0) is 52.3. The molecule has 15 heteroatoms. The molecule has 0 aliphatic carbocycles. The van der Waals surface area contributed by atoms with Gasteiger partial charge in [0.1, 0.15) is 11.5 Å². The van der Waals surface area contributed by atoms with Gasteiger partial charge in [0.15, 0.2) is 22.7 Å². The number of rotatable bonds is 10. The predicted molar refractivity (Wildman–Crippen MR) is 311 cm³/mol. The van der Waals surface area contributed by atoms with Crippen molar-refractivity contribution in [2.45, 2.75) is 39.5 Å². The molecule has 0 atom stereocenters. The predicted octanol–water partition coefficient (Wildman–Crippen LogP) is 16.2.